The normalized spacial score (nSPS) is 10.4. The summed E-state index contributed by atoms with van der Waals surface area (Å²) >= 11 is 5.86. The van der Waals surface area contributed by atoms with Crippen molar-refractivity contribution in [2.24, 2.45) is 0 Å². The van der Waals surface area contributed by atoms with Crippen LogP contribution in [0.2, 0.25) is 5.02 Å². The molecule has 0 radical (unpaired) electrons. The number of carbonyl (C=O) groups excluding carboxylic acids is 1. The van der Waals surface area contributed by atoms with Crippen molar-refractivity contribution < 1.29 is 4.79 Å². The molecule has 0 aliphatic rings. The van der Waals surface area contributed by atoms with Gasteiger partial charge in [-0.15, -0.1) is 0 Å². The van der Waals surface area contributed by atoms with Crippen LogP contribution in [0.15, 0.2) is 72.9 Å². The molecular weight excluding hydrogens is 346 g/mol. The largest absolute Gasteiger partial charge is 0.353 e. The number of rotatable bonds is 6. The molecule has 0 spiro atoms. The zero-order valence-corrected chi connectivity index (χ0v) is 15.3. The lowest BCUT2D eigenvalue weighted by Crippen LogP contribution is -2.23. The molecule has 1 N–H and O–H groups in total. The van der Waals surface area contributed by atoms with Gasteiger partial charge >= 0.3 is 0 Å². The highest BCUT2D eigenvalue weighted by atomic mass is 35.5. The topological polar surface area (TPSA) is 45.2 Å². The first-order valence-electron chi connectivity index (χ1n) is 8.47. The number of pyridine rings is 1. The molecule has 1 aromatic heterocycles. The van der Waals surface area contributed by atoms with Gasteiger partial charge < -0.3 is 10.2 Å². The van der Waals surface area contributed by atoms with E-state index in [1.165, 1.54) is 5.56 Å². The Morgan fingerprint density at radius 1 is 1.04 bits per heavy atom. The van der Waals surface area contributed by atoms with Crippen molar-refractivity contribution in [3.05, 3.63) is 89.1 Å². The zero-order chi connectivity index (χ0) is 18.4. The molecule has 3 rings (SSSR count). The fraction of sp³-hybridized carbons (Fsp3) is 0.143. The number of hydrogen-bond acceptors (Lipinski definition) is 3. The van der Waals surface area contributed by atoms with Gasteiger partial charge in [-0.3, -0.25) is 4.79 Å². The molecule has 0 saturated carbocycles. The molecule has 5 heteroatoms. The van der Waals surface area contributed by atoms with Gasteiger partial charge in [0, 0.05) is 30.0 Å². The van der Waals surface area contributed by atoms with Crippen LogP contribution in [0.1, 0.15) is 22.8 Å². The van der Waals surface area contributed by atoms with Crippen molar-refractivity contribution in [2.45, 2.75) is 13.5 Å². The third-order valence-electron chi connectivity index (χ3n) is 4.03. The molecule has 3 aromatic rings. The zero-order valence-electron chi connectivity index (χ0n) is 14.5. The van der Waals surface area contributed by atoms with Crippen LogP contribution in [0.4, 0.5) is 11.5 Å². The molecule has 0 aliphatic heterocycles. The minimum atomic E-state index is -0.197. The fourth-order valence-corrected chi connectivity index (χ4v) is 2.73. The molecule has 0 fully saturated rings. The lowest BCUT2D eigenvalue weighted by Gasteiger charge is -2.22. The van der Waals surface area contributed by atoms with E-state index in [4.69, 9.17) is 11.6 Å². The van der Waals surface area contributed by atoms with Gasteiger partial charge in [0.05, 0.1) is 5.56 Å². The summed E-state index contributed by atoms with van der Waals surface area (Å²) in [6.45, 7) is 3.70. The second-order valence-electron chi connectivity index (χ2n) is 5.87. The summed E-state index contributed by atoms with van der Waals surface area (Å²) < 4.78 is 0. The number of halogens is 1. The Hall–Kier alpha value is -2.85. The molecular formula is C21H20ClN3O. The minimum absolute atomic E-state index is 0.197. The number of anilines is 2. The average molecular weight is 366 g/mol. The average Bonchev–Trinajstić information content (AvgIpc) is 2.69. The maximum absolute atomic E-state index is 12.3. The first-order chi connectivity index (χ1) is 12.7. The van der Waals surface area contributed by atoms with Crippen LogP contribution in [0.25, 0.3) is 0 Å². The van der Waals surface area contributed by atoms with Crippen molar-refractivity contribution in [1.82, 2.24) is 4.98 Å². The summed E-state index contributed by atoms with van der Waals surface area (Å²) in [5, 5.41) is 3.47. The first-order valence-corrected chi connectivity index (χ1v) is 8.85. The van der Waals surface area contributed by atoms with Crippen molar-refractivity contribution >= 4 is 29.0 Å². The Morgan fingerprint density at radius 2 is 1.77 bits per heavy atom. The highest BCUT2D eigenvalue weighted by molar-refractivity contribution is 6.30. The maximum atomic E-state index is 12.3. The highest BCUT2D eigenvalue weighted by Gasteiger charge is 2.10. The summed E-state index contributed by atoms with van der Waals surface area (Å²) in [7, 11) is 0. The van der Waals surface area contributed by atoms with E-state index in [1.54, 1.807) is 36.5 Å². The number of hydrogen-bond donors (Lipinski definition) is 1. The molecule has 2 aromatic carbocycles. The van der Waals surface area contributed by atoms with E-state index >= 15 is 0 Å². The predicted octanol–water partition coefficient (Wildman–Crippen LogP) is 5.01. The molecule has 0 unspecified atom stereocenters. The van der Waals surface area contributed by atoms with E-state index in [1.807, 2.05) is 24.3 Å². The molecule has 132 valence electrons. The van der Waals surface area contributed by atoms with Crippen LogP contribution >= 0.6 is 11.6 Å². The van der Waals surface area contributed by atoms with Gasteiger partial charge in [0.15, 0.2) is 0 Å². The van der Waals surface area contributed by atoms with E-state index in [0.29, 0.717) is 16.3 Å². The van der Waals surface area contributed by atoms with E-state index in [-0.39, 0.29) is 5.91 Å². The highest BCUT2D eigenvalue weighted by Crippen LogP contribution is 2.17. The Kier molecular flexibility index (Phi) is 5.87. The number of nitrogens with zero attached hydrogens (tertiary/aromatic N) is 2. The Labute approximate surface area is 158 Å². The Morgan fingerprint density at radius 3 is 2.38 bits per heavy atom. The van der Waals surface area contributed by atoms with Crippen LogP contribution in [0.5, 0.6) is 0 Å². The van der Waals surface area contributed by atoms with Crippen molar-refractivity contribution in [2.75, 3.05) is 16.8 Å². The molecule has 1 amide bonds. The van der Waals surface area contributed by atoms with Gasteiger partial charge in [-0.05, 0) is 48.9 Å². The van der Waals surface area contributed by atoms with E-state index in [9.17, 15) is 4.79 Å². The van der Waals surface area contributed by atoms with Crippen molar-refractivity contribution in [3.63, 3.8) is 0 Å². The van der Waals surface area contributed by atoms with Gasteiger partial charge in [0.1, 0.15) is 5.82 Å². The molecule has 4 nitrogen and oxygen atoms in total. The lowest BCUT2D eigenvalue weighted by molar-refractivity contribution is 0.102. The molecule has 26 heavy (non-hydrogen) atoms. The van der Waals surface area contributed by atoms with Crippen LogP contribution in [-0.2, 0) is 6.54 Å². The summed E-state index contributed by atoms with van der Waals surface area (Å²) in [5.41, 5.74) is 2.43. The van der Waals surface area contributed by atoms with Crippen LogP contribution in [0, 0.1) is 0 Å². The first kappa shape index (κ1) is 18.0. The fourth-order valence-electron chi connectivity index (χ4n) is 2.60. The number of amides is 1. The Balaban J connectivity index is 1.68. The lowest BCUT2D eigenvalue weighted by atomic mass is 10.2. The molecule has 0 aliphatic carbocycles. The number of carbonyl (C=O) groups is 1. The number of nitrogens with one attached hydrogen (secondary N) is 1. The van der Waals surface area contributed by atoms with Crippen LogP contribution in [-0.4, -0.2) is 17.4 Å². The Bertz CT molecular complexity index is 849. The quantitative estimate of drug-likeness (QED) is 0.667. The van der Waals surface area contributed by atoms with E-state index < -0.39 is 0 Å². The van der Waals surface area contributed by atoms with Gasteiger partial charge in [-0.1, -0.05) is 41.9 Å². The maximum Gasteiger partial charge on any atom is 0.257 e. The second-order valence-corrected chi connectivity index (χ2v) is 6.30. The third-order valence-corrected chi connectivity index (χ3v) is 4.29. The monoisotopic (exact) mass is 365 g/mol. The minimum Gasteiger partial charge on any atom is -0.353 e. The third kappa shape index (κ3) is 4.61. The molecule has 0 atom stereocenters. The van der Waals surface area contributed by atoms with Gasteiger partial charge in [-0.25, -0.2) is 4.98 Å². The number of aromatic nitrogens is 1. The standard InChI is InChI=1S/C21H20ClN3O/c1-2-25(15-16-6-4-3-5-7-16)20-13-8-17(14-23-20)21(26)24-19-11-9-18(22)10-12-19/h3-14H,2,15H2,1H3,(H,24,26). The SMILES string of the molecule is CCN(Cc1ccccc1)c1ccc(C(=O)Nc2ccc(Cl)cc2)cn1. The van der Waals surface area contributed by atoms with Crippen LogP contribution < -0.4 is 10.2 Å². The summed E-state index contributed by atoms with van der Waals surface area (Å²) in [6, 6.07) is 20.9. The van der Waals surface area contributed by atoms with E-state index in [0.717, 1.165) is 18.9 Å². The number of benzene rings is 2. The van der Waals surface area contributed by atoms with Gasteiger partial charge in [-0.2, -0.15) is 0 Å². The molecule has 0 bridgehead atoms. The van der Waals surface area contributed by atoms with Gasteiger partial charge in [0.2, 0.25) is 0 Å². The summed E-state index contributed by atoms with van der Waals surface area (Å²) in [6.07, 6.45) is 1.61. The van der Waals surface area contributed by atoms with Crippen molar-refractivity contribution in [3.8, 4) is 0 Å². The second kappa shape index (κ2) is 8.50. The van der Waals surface area contributed by atoms with E-state index in [2.05, 4.69) is 34.3 Å². The summed E-state index contributed by atoms with van der Waals surface area (Å²) in [5.74, 6) is 0.650. The molecule has 1 heterocycles. The van der Waals surface area contributed by atoms with Gasteiger partial charge in [0.25, 0.3) is 5.91 Å². The van der Waals surface area contributed by atoms with Crippen LogP contribution in [0.3, 0.4) is 0 Å². The molecule has 0 saturated heterocycles. The van der Waals surface area contributed by atoms with Crippen molar-refractivity contribution in [1.29, 1.82) is 0 Å². The predicted molar refractivity (Wildman–Crippen MR) is 107 cm³/mol. The summed E-state index contributed by atoms with van der Waals surface area (Å²) in [4.78, 5) is 19.0. The smallest absolute Gasteiger partial charge is 0.257 e.